The van der Waals surface area contributed by atoms with Gasteiger partial charge < -0.3 is 24.8 Å². The monoisotopic (exact) mass is 577 g/mol. The van der Waals surface area contributed by atoms with Gasteiger partial charge in [0.15, 0.2) is 17.3 Å². The predicted molar refractivity (Wildman–Crippen MR) is 131 cm³/mol. The summed E-state index contributed by atoms with van der Waals surface area (Å²) in [6.45, 7) is 0. The molecule has 0 aliphatic heterocycles. The van der Waals surface area contributed by atoms with Crippen LogP contribution in [0.25, 0.3) is 0 Å². The number of nitrogens with one attached hydrogen (secondary N) is 2. The van der Waals surface area contributed by atoms with Crippen LogP contribution in [0.5, 0.6) is 23.0 Å². The predicted octanol–water partition coefficient (Wildman–Crippen LogP) is 4.04. The quantitative estimate of drug-likeness (QED) is 0.310. The maximum atomic E-state index is 15.2. The highest BCUT2D eigenvalue weighted by Crippen LogP contribution is 2.41. The number of hydrogen-bond acceptors (Lipinski definition) is 6. The van der Waals surface area contributed by atoms with Crippen molar-refractivity contribution < 1.29 is 54.5 Å². The minimum atomic E-state index is -5.24. The molecular weight excluding hydrogens is 564 g/mol. The summed E-state index contributed by atoms with van der Waals surface area (Å²) in [5, 5.41) is 1.91. The van der Waals surface area contributed by atoms with E-state index >= 15 is 4.39 Å². The number of ether oxygens (including phenoxy) is 3. The Bertz CT molecular complexity index is 1450. The molecule has 208 valence electrons. The number of halogens is 7. The molecule has 0 aliphatic carbocycles. The van der Waals surface area contributed by atoms with Crippen LogP contribution in [0.3, 0.4) is 0 Å². The molecule has 18 heteroatoms. The first-order valence-electron chi connectivity index (χ1n) is 10.9. The standard InChI is InChI=1S/C23H13B3F7N3O5/c1-34-19(37)13-5-2-10(9-35-13)36-20(38)17-15(7-4-12(18(17)27)21(28,29)30)39-14-6-3-11(40-23(31,32)33)8-16(14)41-22(24,25)26/h2-9H,1H3,(H,34,37)(H,36,38). The fourth-order valence-corrected chi connectivity index (χ4v) is 3.16. The van der Waals surface area contributed by atoms with Gasteiger partial charge in [0.1, 0.15) is 46.3 Å². The summed E-state index contributed by atoms with van der Waals surface area (Å²) < 4.78 is 108. The highest BCUT2D eigenvalue weighted by atomic mass is 19.4. The molecule has 41 heavy (non-hydrogen) atoms. The molecule has 0 aliphatic rings. The summed E-state index contributed by atoms with van der Waals surface area (Å²) in [4.78, 5) is 28.4. The van der Waals surface area contributed by atoms with Crippen molar-refractivity contribution in [2.24, 2.45) is 0 Å². The van der Waals surface area contributed by atoms with Crippen LogP contribution in [-0.2, 0) is 6.18 Å². The SMILES string of the molecule is [B]C([B])([B])Oc1cc(OC(F)(F)F)ccc1Oc1ccc(C(F)(F)F)c(F)c1C(=O)Nc1ccc(C(=O)NC)nc1. The van der Waals surface area contributed by atoms with Crippen molar-refractivity contribution in [3.05, 3.63) is 71.3 Å². The number of nitrogens with zero attached hydrogens (tertiary/aromatic N) is 1. The van der Waals surface area contributed by atoms with Gasteiger partial charge in [-0.15, -0.1) is 13.2 Å². The molecule has 0 saturated heterocycles. The van der Waals surface area contributed by atoms with Crippen LogP contribution in [0, 0.1) is 5.82 Å². The molecular formula is C23H13B3F7N3O5. The average molecular weight is 577 g/mol. The van der Waals surface area contributed by atoms with Gasteiger partial charge >= 0.3 is 12.5 Å². The Morgan fingerprint density at radius 2 is 1.51 bits per heavy atom. The summed E-state index contributed by atoms with van der Waals surface area (Å²) in [5.41, 5.74) is -3.32. The number of carbonyl (C=O) groups excluding carboxylic acids is 2. The topological polar surface area (TPSA) is 98.8 Å². The molecule has 3 aromatic rings. The average Bonchev–Trinajstić information content (AvgIpc) is 2.83. The second kappa shape index (κ2) is 11.6. The molecule has 2 aromatic carbocycles. The molecule has 8 nitrogen and oxygen atoms in total. The minimum Gasteiger partial charge on any atom is -0.512 e. The molecule has 0 spiro atoms. The van der Waals surface area contributed by atoms with Crippen LogP contribution in [0.15, 0.2) is 48.7 Å². The van der Waals surface area contributed by atoms with E-state index in [2.05, 4.69) is 20.4 Å². The summed E-state index contributed by atoms with van der Waals surface area (Å²) in [6, 6.07) is 5.24. The lowest BCUT2D eigenvalue weighted by atomic mass is 9.52. The van der Waals surface area contributed by atoms with Gasteiger partial charge in [0, 0.05) is 13.1 Å². The Hall–Kier alpha value is -4.37. The van der Waals surface area contributed by atoms with Crippen LogP contribution in [0.1, 0.15) is 26.4 Å². The molecule has 3 rings (SSSR count). The van der Waals surface area contributed by atoms with Crippen LogP contribution >= 0.6 is 0 Å². The van der Waals surface area contributed by atoms with Crippen LogP contribution in [-0.4, -0.2) is 59.0 Å². The third kappa shape index (κ3) is 8.31. The first kappa shape index (κ1) is 31.2. The highest BCUT2D eigenvalue weighted by Gasteiger charge is 2.38. The van der Waals surface area contributed by atoms with E-state index in [-0.39, 0.29) is 17.4 Å². The number of amides is 2. The highest BCUT2D eigenvalue weighted by molar-refractivity contribution is 6.58. The normalized spacial score (nSPS) is 11.9. The molecule has 0 bridgehead atoms. The second-order valence-electron chi connectivity index (χ2n) is 7.98. The zero-order chi connectivity index (χ0) is 30.8. The van der Waals surface area contributed by atoms with Gasteiger partial charge in [0.05, 0.1) is 17.4 Å². The number of anilines is 1. The minimum absolute atomic E-state index is 0.0685. The summed E-state index contributed by atoms with van der Waals surface area (Å²) in [7, 11) is 17.3. The zero-order valence-corrected chi connectivity index (χ0v) is 20.5. The Labute approximate surface area is 230 Å². The van der Waals surface area contributed by atoms with E-state index in [4.69, 9.17) is 33.0 Å². The van der Waals surface area contributed by atoms with Gasteiger partial charge in [-0.3, -0.25) is 9.59 Å². The number of aromatic nitrogens is 1. The van der Waals surface area contributed by atoms with Crippen molar-refractivity contribution in [2.75, 3.05) is 12.4 Å². The smallest absolute Gasteiger partial charge is 0.512 e. The van der Waals surface area contributed by atoms with Gasteiger partial charge in [-0.05, 0) is 41.7 Å². The largest absolute Gasteiger partial charge is 0.573 e. The Morgan fingerprint density at radius 1 is 0.854 bits per heavy atom. The third-order valence-electron chi connectivity index (χ3n) is 4.77. The molecule has 0 saturated carbocycles. The van der Waals surface area contributed by atoms with Gasteiger partial charge in [0.25, 0.3) is 11.8 Å². The Kier molecular flexibility index (Phi) is 8.84. The van der Waals surface area contributed by atoms with Crippen LogP contribution < -0.4 is 24.8 Å². The Morgan fingerprint density at radius 3 is 2.05 bits per heavy atom. The molecule has 6 radical (unpaired) electrons. The number of alkyl halides is 6. The number of benzene rings is 2. The molecule has 2 amide bonds. The third-order valence-corrected chi connectivity index (χ3v) is 4.77. The van der Waals surface area contributed by atoms with E-state index in [9.17, 15) is 35.9 Å². The van der Waals surface area contributed by atoms with E-state index in [0.29, 0.717) is 18.2 Å². The molecule has 2 N–H and O–H groups in total. The lowest BCUT2D eigenvalue weighted by Crippen LogP contribution is -2.37. The molecule has 0 fully saturated rings. The fraction of sp³-hybridized carbons (Fsp3) is 0.174. The van der Waals surface area contributed by atoms with Crippen LogP contribution in [0.2, 0.25) is 0 Å². The summed E-state index contributed by atoms with van der Waals surface area (Å²) >= 11 is 0. The number of pyridine rings is 1. The Balaban J connectivity index is 2.07. The van der Waals surface area contributed by atoms with Crippen molar-refractivity contribution in [3.63, 3.8) is 0 Å². The fourth-order valence-electron chi connectivity index (χ4n) is 3.16. The maximum absolute atomic E-state index is 15.2. The lowest BCUT2D eigenvalue weighted by Gasteiger charge is -2.25. The van der Waals surface area contributed by atoms with Crippen molar-refractivity contribution >= 4 is 41.0 Å². The van der Waals surface area contributed by atoms with E-state index in [0.717, 1.165) is 18.3 Å². The summed E-state index contributed by atoms with van der Waals surface area (Å²) in [5.74, 6) is -7.11. The van der Waals surface area contributed by atoms with E-state index in [1.54, 1.807) is 0 Å². The van der Waals surface area contributed by atoms with Gasteiger partial charge in [-0.25, -0.2) is 9.37 Å². The number of carbonyl (C=O) groups is 2. The van der Waals surface area contributed by atoms with Crippen molar-refractivity contribution in [3.8, 4) is 23.0 Å². The van der Waals surface area contributed by atoms with E-state index < -0.39 is 69.6 Å². The number of rotatable bonds is 8. The van der Waals surface area contributed by atoms with Crippen LogP contribution in [0.4, 0.5) is 36.4 Å². The van der Waals surface area contributed by atoms with Crippen molar-refractivity contribution in [1.29, 1.82) is 0 Å². The first-order valence-corrected chi connectivity index (χ1v) is 10.9. The van der Waals surface area contributed by atoms with Gasteiger partial charge in [-0.2, -0.15) is 13.2 Å². The molecule has 0 atom stereocenters. The van der Waals surface area contributed by atoms with E-state index in [1.165, 1.54) is 13.1 Å². The molecule has 1 aromatic heterocycles. The number of hydrogen-bond donors (Lipinski definition) is 2. The zero-order valence-electron chi connectivity index (χ0n) is 20.5. The van der Waals surface area contributed by atoms with Crippen molar-refractivity contribution in [2.45, 2.75) is 17.8 Å². The molecule has 1 heterocycles. The molecule has 0 unspecified atom stereocenters. The van der Waals surface area contributed by atoms with Gasteiger partial charge in [-0.1, -0.05) is 0 Å². The lowest BCUT2D eigenvalue weighted by molar-refractivity contribution is -0.274. The summed E-state index contributed by atoms with van der Waals surface area (Å²) in [6.07, 6.45) is -9.40. The first-order chi connectivity index (χ1) is 18.9. The second-order valence-corrected chi connectivity index (χ2v) is 7.98. The van der Waals surface area contributed by atoms with Crippen molar-refractivity contribution in [1.82, 2.24) is 10.3 Å². The van der Waals surface area contributed by atoms with Gasteiger partial charge in [0.2, 0.25) is 0 Å². The van der Waals surface area contributed by atoms with E-state index in [1.807, 2.05) is 0 Å². The maximum Gasteiger partial charge on any atom is 0.573 e.